The van der Waals surface area contributed by atoms with Crippen molar-refractivity contribution < 1.29 is 14.3 Å². The lowest BCUT2D eigenvalue weighted by Gasteiger charge is -2.13. The molecule has 1 aromatic heterocycles. The van der Waals surface area contributed by atoms with Crippen molar-refractivity contribution >= 4 is 22.8 Å². The second-order valence-corrected chi connectivity index (χ2v) is 5.47. The summed E-state index contributed by atoms with van der Waals surface area (Å²) >= 11 is 0. The predicted molar refractivity (Wildman–Crippen MR) is 86.0 cm³/mol. The largest absolute Gasteiger partial charge is 0.449 e. The number of amides is 1. The number of esters is 1. The molecule has 0 aliphatic carbocycles. The number of rotatable bonds is 5. The zero-order valence-electron chi connectivity index (χ0n) is 13.4. The highest BCUT2D eigenvalue weighted by Gasteiger charge is 2.19. The van der Waals surface area contributed by atoms with Crippen LogP contribution >= 0.6 is 0 Å². The molecule has 5 heteroatoms. The number of ether oxygens (including phenoxy) is 1. The molecular formula is C17H22N2O3. The van der Waals surface area contributed by atoms with Crippen LogP contribution < -0.4 is 5.32 Å². The molecule has 1 amide bonds. The molecule has 0 bridgehead atoms. The molecule has 1 heterocycles. The summed E-state index contributed by atoms with van der Waals surface area (Å²) in [5.41, 5.74) is 3.62. The molecule has 2 N–H and O–H groups in total. The van der Waals surface area contributed by atoms with Crippen LogP contribution in [0.1, 0.15) is 41.9 Å². The van der Waals surface area contributed by atoms with Crippen LogP contribution in [0, 0.1) is 13.8 Å². The van der Waals surface area contributed by atoms with Gasteiger partial charge in [-0.2, -0.15) is 0 Å². The van der Waals surface area contributed by atoms with Gasteiger partial charge in [-0.05, 0) is 51.0 Å². The van der Waals surface area contributed by atoms with Gasteiger partial charge in [-0.1, -0.05) is 6.92 Å². The van der Waals surface area contributed by atoms with E-state index in [9.17, 15) is 9.59 Å². The molecule has 0 aliphatic rings. The van der Waals surface area contributed by atoms with Gasteiger partial charge in [0.05, 0.1) is 5.56 Å². The highest BCUT2D eigenvalue weighted by Crippen LogP contribution is 2.22. The Bertz CT molecular complexity index is 703. The summed E-state index contributed by atoms with van der Waals surface area (Å²) in [6.07, 6.45) is 0.0404. The third-order valence-corrected chi connectivity index (χ3v) is 3.75. The highest BCUT2D eigenvalue weighted by molar-refractivity contribution is 5.97. The predicted octanol–water partition coefficient (Wildman–Crippen LogP) is 2.86. The number of aromatic amines is 1. The lowest BCUT2D eigenvalue weighted by molar-refractivity contribution is -0.129. The van der Waals surface area contributed by atoms with Gasteiger partial charge in [0.25, 0.3) is 5.91 Å². The maximum absolute atomic E-state index is 12.2. The fourth-order valence-electron chi connectivity index (χ4n) is 2.26. The second-order valence-electron chi connectivity index (χ2n) is 5.47. The molecule has 1 atom stereocenters. The Hall–Kier alpha value is -2.30. The van der Waals surface area contributed by atoms with Gasteiger partial charge in [0.15, 0.2) is 6.10 Å². The van der Waals surface area contributed by atoms with E-state index in [1.807, 2.05) is 26.8 Å². The lowest BCUT2D eigenvalue weighted by atomic mass is 10.1. The van der Waals surface area contributed by atoms with Crippen LogP contribution in [0.3, 0.4) is 0 Å². The molecule has 0 saturated heterocycles. The van der Waals surface area contributed by atoms with E-state index in [1.165, 1.54) is 0 Å². The molecule has 0 unspecified atom stereocenters. The summed E-state index contributed by atoms with van der Waals surface area (Å²) in [5, 5.41) is 3.71. The standard InChI is InChI=1S/C17H22N2O3/c1-5-8-18-16(20)12(4)22-17(21)13-6-7-15-14(9-13)10(2)11(3)19-15/h6-7,9,12,19H,5,8H2,1-4H3,(H,18,20)/t12-/m0/s1. The van der Waals surface area contributed by atoms with Gasteiger partial charge < -0.3 is 15.0 Å². The first-order valence-electron chi connectivity index (χ1n) is 7.51. The lowest BCUT2D eigenvalue weighted by Crippen LogP contribution is -2.36. The Kier molecular flexibility index (Phi) is 4.85. The molecule has 2 rings (SSSR count). The van der Waals surface area contributed by atoms with Crippen molar-refractivity contribution in [3.05, 3.63) is 35.0 Å². The van der Waals surface area contributed by atoms with Crippen molar-refractivity contribution in [2.75, 3.05) is 6.54 Å². The minimum Gasteiger partial charge on any atom is -0.449 e. The van der Waals surface area contributed by atoms with Crippen molar-refractivity contribution in [2.45, 2.75) is 40.2 Å². The number of hydrogen-bond acceptors (Lipinski definition) is 3. The van der Waals surface area contributed by atoms with E-state index in [1.54, 1.807) is 19.1 Å². The monoisotopic (exact) mass is 302 g/mol. The van der Waals surface area contributed by atoms with Gasteiger partial charge in [0, 0.05) is 23.1 Å². The summed E-state index contributed by atoms with van der Waals surface area (Å²) in [4.78, 5) is 27.2. The van der Waals surface area contributed by atoms with Crippen molar-refractivity contribution in [1.82, 2.24) is 10.3 Å². The summed E-state index contributed by atoms with van der Waals surface area (Å²) in [6, 6.07) is 5.36. The second kappa shape index (κ2) is 6.64. The molecule has 1 aromatic carbocycles. The van der Waals surface area contributed by atoms with Crippen molar-refractivity contribution in [1.29, 1.82) is 0 Å². The zero-order chi connectivity index (χ0) is 16.3. The number of carbonyl (C=O) groups excluding carboxylic acids is 2. The summed E-state index contributed by atoms with van der Waals surface area (Å²) < 4.78 is 5.23. The first-order valence-corrected chi connectivity index (χ1v) is 7.51. The number of fused-ring (bicyclic) bond motifs is 1. The summed E-state index contributed by atoms with van der Waals surface area (Å²) in [7, 11) is 0. The maximum Gasteiger partial charge on any atom is 0.338 e. The first kappa shape index (κ1) is 16.1. The normalized spacial score (nSPS) is 12.2. The number of benzene rings is 1. The fraction of sp³-hybridized carbons (Fsp3) is 0.412. The van der Waals surface area contributed by atoms with E-state index in [2.05, 4.69) is 10.3 Å². The van der Waals surface area contributed by atoms with Crippen LogP contribution in [-0.4, -0.2) is 29.5 Å². The van der Waals surface area contributed by atoms with Crippen LogP contribution in [0.4, 0.5) is 0 Å². The number of hydrogen-bond donors (Lipinski definition) is 2. The van der Waals surface area contributed by atoms with Gasteiger partial charge in [0.2, 0.25) is 0 Å². The molecule has 2 aromatic rings. The van der Waals surface area contributed by atoms with Gasteiger partial charge in [0.1, 0.15) is 0 Å². The quantitative estimate of drug-likeness (QED) is 0.834. The van der Waals surface area contributed by atoms with E-state index in [0.29, 0.717) is 12.1 Å². The highest BCUT2D eigenvalue weighted by atomic mass is 16.5. The molecule has 0 spiro atoms. The van der Waals surface area contributed by atoms with Crippen LogP contribution in [-0.2, 0) is 9.53 Å². The van der Waals surface area contributed by atoms with E-state index >= 15 is 0 Å². The summed E-state index contributed by atoms with van der Waals surface area (Å²) in [5.74, 6) is -0.760. The molecule has 0 fully saturated rings. The molecular weight excluding hydrogens is 280 g/mol. The molecule has 118 valence electrons. The molecule has 0 saturated carbocycles. The third kappa shape index (κ3) is 3.30. The first-order chi connectivity index (χ1) is 10.4. The smallest absolute Gasteiger partial charge is 0.338 e. The van der Waals surface area contributed by atoms with Crippen LogP contribution in [0.25, 0.3) is 10.9 Å². The topological polar surface area (TPSA) is 71.2 Å². The Morgan fingerprint density at radius 2 is 2.05 bits per heavy atom. The number of carbonyl (C=O) groups is 2. The zero-order valence-corrected chi connectivity index (χ0v) is 13.4. The minimum absolute atomic E-state index is 0.273. The third-order valence-electron chi connectivity index (χ3n) is 3.75. The van der Waals surface area contributed by atoms with Crippen LogP contribution in [0.5, 0.6) is 0 Å². The van der Waals surface area contributed by atoms with Crippen molar-refractivity contribution in [2.24, 2.45) is 0 Å². The van der Waals surface area contributed by atoms with E-state index in [0.717, 1.165) is 28.6 Å². The van der Waals surface area contributed by atoms with Gasteiger partial charge in [-0.15, -0.1) is 0 Å². The van der Waals surface area contributed by atoms with Gasteiger partial charge in [-0.3, -0.25) is 4.79 Å². The number of aromatic nitrogens is 1. The molecule has 0 radical (unpaired) electrons. The van der Waals surface area contributed by atoms with Crippen molar-refractivity contribution in [3.63, 3.8) is 0 Å². The Morgan fingerprint density at radius 3 is 2.73 bits per heavy atom. The SMILES string of the molecule is CCCNC(=O)[C@H](C)OC(=O)c1ccc2[nH]c(C)c(C)c2c1. The number of nitrogens with one attached hydrogen (secondary N) is 2. The molecule has 0 aliphatic heterocycles. The van der Waals surface area contributed by atoms with Crippen LogP contribution in [0.15, 0.2) is 18.2 Å². The van der Waals surface area contributed by atoms with Crippen LogP contribution in [0.2, 0.25) is 0 Å². The average Bonchev–Trinajstić information content (AvgIpc) is 2.79. The fourth-order valence-corrected chi connectivity index (χ4v) is 2.26. The van der Waals surface area contributed by atoms with Crippen molar-refractivity contribution in [3.8, 4) is 0 Å². The Labute approximate surface area is 130 Å². The Morgan fingerprint density at radius 1 is 1.32 bits per heavy atom. The molecule has 22 heavy (non-hydrogen) atoms. The molecule has 5 nitrogen and oxygen atoms in total. The summed E-state index contributed by atoms with van der Waals surface area (Å²) in [6.45, 7) is 8.12. The van der Waals surface area contributed by atoms with E-state index in [-0.39, 0.29) is 5.91 Å². The Balaban J connectivity index is 2.12. The maximum atomic E-state index is 12.2. The van der Waals surface area contributed by atoms with Gasteiger partial charge in [-0.25, -0.2) is 4.79 Å². The average molecular weight is 302 g/mol. The number of H-pyrrole nitrogens is 1. The van der Waals surface area contributed by atoms with Gasteiger partial charge >= 0.3 is 5.97 Å². The number of aryl methyl sites for hydroxylation is 2. The van der Waals surface area contributed by atoms with E-state index < -0.39 is 12.1 Å². The van der Waals surface area contributed by atoms with E-state index in [4.69, 9.17) is 4.74 Å². The minimum atomic E-state index is -0.802.